The summed E-state index contributed by atoms with van der Waals surface area (Å²) in [5, 5.41) is 9.42. The molecular formula is C6H10O2. The van der Waals surface area contributed by atoms with Gasteiger partial charge in [0.15, 0.2) is 0 Å². The smallest absolute Gasteiger partial charge is 0.0905 e. The van der Waals surface area contributed by atoms with Gasteiger partial charge in [0.1, 0.15) is 0 Å². The maximum atomic E-state index is 9.42. The van der Waals surface area contributed by atoms with Gasteiger partial charge in [-0.25, -0.2) is 0 Å². The Hall–Kier alpha value is -0.0800. The SMILES string of the molecule is OC12CCC(C1)OC2. The third kappa shape index (κ3) is 0.501. The minimum atomic E-state index is -0.412. The standard InChI is InChI=1S/C6H10O2/c7-6-2-1-5(3-6)8-4-6/h5,7H,1-4H2. The molecule has 2 unspecified atom stereocenters. The summed E-state index contributed by atoms with van der Waals surface area (Å²) in [4.78, 5) is 0. The molecule has 0 aromatic rings. The van der Waals surface area contributed by atoms with Crippen molar-refractivity contribution in [3.8, 4) is 0 Å². The lowest BCUT2D eigenvalue weighted by atomic mass is 10.1. The fourth-order valence-corrected chi connectivity index (χ4v) is 1.60. The predicted molar refractivity (Wildman–Crippen MR) is 28.5 cm³/mol. The lowest BCUT2D eigenvalue weighted by Crippen LogP contribution is -2.26. The molecule has 1 aliphatic carbocycles. The molecule has 2 atom stereocenters. The molecule has 2 rings (SSSR count). The fraction of sp³-hybridized carbons (Fsp3) is 1.00. The topological polar surface area (TPSA) is 29.5 Å². The second-order valence-electron chi connectivity index (χ2n) is 2.90. The van der Waals surface area contributed by atoms with E-state index in [0.29, 0.717) is 12.7 Å². The van der Waals surface area contributed by atoms with Gasteiger partial charge in [0.25, 0.3) is 0 Å². The largest absolute Gasteiger partial charge is 0.387 e. The average Bonchev–Trinajstić information content (AvgIpc) is 2.21. The lowest BCUT2D eigenvalue weighted by Gasteiger charge is -2.17. The van der Waals surface area contributed by atoms with Crippen LogP contribution in [0.4, 0.5) is 0 Å². The summed E-state index contributed by atoms with van der Waals surface area (Å²) in [6.45, 7) is 0.581. The number of hydrogen-bond acceptors (Lipinski definition) is 2. The minimum Gasteiger partial charge on any atom is -0.387 e. The van der Waals surface area contributed by atoms with Gasteiger partial charge in [-0.3, -0.25) is 0 Å². The summed E-state index contributed by atoms with van der Waals surface area (Å²) in [6, 6.07) is 0. The van der Waals surface area contributed by atoms with Crippen LogP contribution in [0, 0.1) is 0 Å². The van der Waals surface area contributed by atoms with Crippen LogP contribution in [0.3, 0.4) is 0 Å². The molecule has 1 saturated heterocycles. The zero-order valence-corrected chi connectivity index (χ0v) is 4.76. The van der Waals surface area contributed by atoms with Gasteiger partial charge in [-0.1, -0.05) is 0 Å². The Labute approximate surface area is 48.5 Å². The number of rotatable bonds is 0. The summed E-state index contributed by atoms with van der Waals surface area (Å²) in [5.74, 6) is 0. The van der Waals surface area contributed by atoms with Crippen LogP contribution in [0.15, 0.2) is 0 Å². The highest BCUT2D eigenvalue weighted by Crippen LogP contribution is 2.38. The van der Waals surface area contributed by atoms with Crippen LogP contribution < -0.4 is 0 Å². The van der Waals surface area contributed by atoms with Crippen molar-refractivity contribution in [3.63, 3.8) is 0 Å². The van der Waals surface area contributed by atoms with Crippen molar-refractivity contribution in [1.82, 2.24) is 0 Å². The van der Waals surface area contributed by atoms with E-state index >= 15 is 0 Å². The van der Waals surface area contributed by atoms with E-state index in [1.807, 2.05) is 0 Å². The van der Waals surface area contributed by atoms with Gasteiger partial charge in [-0.15, -0.1) is 0 Å². The molecular weight excluding hydrogens is 104 g/mol. The summed E-state index contributed by atoms with van der Waals surface area (Å²) >= 11 is 0. The van der Waals surface area contributed by atoms with Crippen molar-refractivity contribution in [2.45, 2.75) is 31.0 Å². The average molecular weight is 114 g/mol. The van der Waals surface area contributed by atoms with Crippen molar-refractivity contribution < 1.29 is 9.84 Å². The van der Waals surface area contributed by atoms with E-state index in [2.05, 4.69) is 0 Å². The third-order valence-corrected chi connectivity index (χ3v) is 2.13. The van der Waals surface area contributed by atoms with Gasteiger partial charge in [0.05, 0.1) is 18.3 Å². The quantitative estimate of drug-likeness (QED) is 0.490. The van der Waals surface area contributed by atoms with E-state index in [4.69, 9.17) is 4.74 Å². The third-order valence-electron chi connectivity index (χ3n) is 2.13. The molecule has 0 aromatic heterocycles. The van der Waals surface area contributed by atoms with E-state index < -0.39 is 5.60 Å². The van der Waals surface area contributed by atoms with Gasteiger partial charge >= 0.3 is 0 Å². The van der Waals surface area contributed by atoms with Crippen molar-refractivity contribution >= 4 is 0 Å². The van der Waals surface area contributed by atoms with E-state index in [9.17, 15) is 5.11 Å². The Morgan fingerprint density at radius 2 is 2.50 bits per heavy atom. The number of hydrogen-bond donors (Lipinski definition) is 1. The number of ether oxygens (including phenoxy) is 1. The van der Waals surface area contributed by atoms with Crippen LogP contribution in [0.1, 0.15) is 19.3 Å². The highest BCUT2D eigenvalue weighted by molar-refractivity contribution is 4.95. The van der Waals surface area contributed by atoms with Crippen LogP contribution in [-0.4, -0.2) is 23.4 Å². The van der Waals surface area contributed by atoms with Gasteiger partial charge in [0, 0.05) is 6.42 Å². The monoisotopic (exact) mass is 114 g/mol. The Kier molecular flexibility index (Phi) is 0.746. The lowest BCUT2D eigenvalue weighted by molar-refractivity contribution is -0.0145. The summed E-state index contributed by atoms with van der Waals surface area (Å²) in [5.41, 5.74) is -0.412. The number of fused-ring (bicyclic) bond motifs is 2. The van der Waals surface area contributed by atoms with Crippen LogP contribution in [0.25, 0.3) is 0 Å². The molecule has 46 valence electrons. The van der Waals surface area contributed by atoms with Crippen LogP contribution >= 0.6 is 0 Å². The summed E-state index contributed by atoms with van der Waals surface area (Å²) < 4.78 is 5.20. The molecule has 8 heavy (non-hydrogen) atoms. The Bertz CT molecular complexity index is 103. The van der Waals surface area contributed by atoms with Crippen molar-refractivity contribution in [2.75, 3.05) is 6.61 Å². The normalized spacial score (nSPS) is 52.9. The van der Waals surface area contributed by atoms with Gasteiger partial charge in [-0.2, -0.15) is 0 Å². The Morgan fingerprint density at radius 3 is 2.62 bits per heavy atom. The van der Waals surface area contributed by atoms with Gasteiger partial charge in [0.2, 0.25) is 0 Å². The predicted octanol–water partition coefficient (Wildman–Crippen LogP) is 0.300. The Balaban J connectivity index is 2.19. The summed E-state index contributed by atoms with van der Waals surface area (Å²) in [6.07, 6.45) is 3.29. The molecule has 0 aromatic carbocycles. The maximum absolute atomic E-state index is 9.42. The second-order valence-corrected chi connectivity index (χ2v) is 2.90. The van der Waals surface area contributed by atoms with Crippen molar-refractivity contribution in [2.24, 2.45) is 0 Å². The van der Waals surface area contributed by atoms with Gasteiger partial charge in [-0.05, 0) is 12.8 Å². The molecule has 1 saturated carbocycles. The first kappa shape index (κ1) is 4.77. The molecule has 2 bridgehead atoms. The molecule has 2 heteroatoms. The minimum absolute atomic E-state index is 0.389. The molecule has 0 spiro atoms. The summed E-state index contributed by atoms with van der Waals surface area (Å²) in [7, 11) is 0. The second kappa shape index (κ2) is 1.25. The molecule has 2 aliphatic rings. The first-order valence-electron chi connectivity index (χ1n) is 3.13. The van der Waals surface area contributed by atoms with Crippen molar-refractivity contribution in [3.05, 3.63) is 0 Å². The van der Waals surface area contributed by atoms with Gasteiger partial charge < -0.3 is 9.84 Å². The molecule has 0 radical (unpaired) electrons. The molecule has 2 fully saturated rings. The van der Waals surface area contributed by atoms with Crippen LogP contribution in [0.2, 0.25) is 0 Å². The zero-order valence-electron chi connectivity index (χ0n) is 4.76. The van der Waals surface area contributed by atoms with E-state index in [1.165, 1.54) is 0 Å². The first-order valence-corrected chi connectivity index (χ1v) is 3.13. The highest BCUT2D eigenvalue weighted by Gasteiger charge is 2.44. The van der Waals surface area contributed by atoms with Crippen LogP contribution in [-0.2, 0) is 4.74 Å². The van der Waals surface area contributed by atoms with Crippen molar-refractivity contribution in [1.29, 1.82) is 0 Å². The van der Waals surface area contributed by atoms with E-state index in [1.54, 1.807) is 0 Å². The molecule has 1 aliphatic heterocycles. The van der Waals surface area contributed by atoms with E-state index in [0.717, 1.165) is 19.3 Å². The van der Waals surface area contributed by atoms with Crippen LogP contribution in [0.5, 0.6) is 0 Å². The molecule has 2 nitrogen and oxygen atoms in total. The molecule has 1 heterocycles. The van der Waals surface area contributed by atoms with E-state index in [-0.39, 0.29) is 0 Å². The maximum Gasteiger partial charge on any atom is 0.0905 e. The first-order chi connectivity index (χ1) is 3.79. The Morgan fingerprint density at radius 1 is 1.62 bits per heavy atom. The molecule has 0 amide bonds. The molecule has 1 N–H and O–H groups in total. The number of aliphatic hydroxyl groups is 1. The zero-order chi connectivity index (χ0) is 5.61. The fourth-order valence-electron chi connectivity index (χ4n) is 1.60. The highest BCUT2D eigenvalue weighted by atomic mass is 16.5.